The summed E-state index contributed by atoms with van der Waals surface area (Å²) in [5.41, 5.74) is 2.24. The number of fused-ring (bicyclic) bond motifs is 1. The minimum Gasteiger partial charge on any atom is -0.368 e. The van der Waals surface area contributed by atoms with Gasteiger partial charge in [-0.25, -0.2) is 0 Å². The number of hydrogen-bond donors (Lipinski definition) is 0. The second-order valence-electron chi connectivity index (χ2n) is 2.83. The van der Waals surface area contributed by atoms with Gasteiger partial charge in [0.25, 0.3) is 0 Å². The highest BCUT2D eigenvalue weighted by atomic mass is 79.9. The number of nitrogens with zero attached hydrogens (tertiary/aromatic N) is 2. The summed E-state index contributed by atoms with van der Waals surface area (Å²) in [6, 6.07) is 6.15. The molecule has 0 unspecified atom stereocenters. The minimum atomic E-state index is 0.897. The first kappa shape index (κ1) is 7.80. The largest absolute Gasteiger partial charge is 0.368 e. The number of aliphatic imine (C=N–C) groups is 1. The lowest BCUT2D eigenvalue weighted by atomic mass is 10.2. The number of anilines is 1. The van der Waals surface area contributed by atoms with Crippen LogP contribution in [0.25, 0.3) is 0 Å². The molecule has 0 aliphatic carbocycles. The molecular weight excluding hydrogens is 216 g/mol. The summed E-state index contributed by atoms with van der Waals surface area (Å²) >= 11 is 3.42. The molecule has 0 aromatic heterocycles. The van der Waals surface area contributed by atoms with Crippen LogP contribution in [0.2, 0.25) is 0 Å². The maximum atomic E-state index is 4.31. The minimum absolute atomic E-state index is 0.897. The van der Waals surface area contributed by atoms with Gasteiger partial charge in [0.15, 0.2) is 0 Å². The molecule has 0 saturated carbocycles. The molecule has 12 heavy (non-hydrogen) atoms. The van der Waals surface area contributed by atoms with Crippen molar-refractivity contribution in [2.75, 3.05) is 18.5 Å². The van der Waals surface area contributed by atoms with E-state index in [-0.39, 0.29) is 0 Å². The smallest absolute Gasteiger partial charge is 0.0871 e. The maximum absolute atomic E-state index is 4.31. The fraction of sp³-hybridized carbons (Fsp3) is 0.222. The molecule has 3 heteroatoms. The molecule has 1 aromatic carbocycles. The number of benzene rings is 1. The SMILES string of the molecule is CN1CC=Nc2cc(Br)ccc21. The van der Waals surface area contributed by atoms with Crippen molar-refractivity contribution in [3.05, 3.63) is 22.7 Å². The van der Waals surface area contributed by atoms with Crippen molar-refractivity contribution in [3.8, 4) is 0 Å². The number of rotatable bonds is 0. The molecule has 0 saturated heterocycles. The molecule has 0 spiro atoms. The van der Waals surface area contributed by atoms with Gasteiger partial charge < -0.3 is 4.90 Å². The molecule has 0 amide bonds. The van der Waals surface area contributed by atoms with E-state index in [1.165, 1.54) is 5.69 Å². The summed E-state index contributed by atoms with van der Waals surface area (Å²) in [6.45, 7) is 0.897. The van der Waals surface area contributed by atoms with Crippen molar-refractivity contribution in [2.45, 2.75) is 0 Å². The Bertz CT molecular complexity index is 333. The van der Waals surface area contributed by atoms with E-state index in [2.05, 4.69) is 38.9 Å². The molecule has 0 fully saturated rings. The van der Waals surface area contributed by atoms with Gasteiger partial charge in [0, 0.05) is 17.7 Å². The lowest BCUT2D eigenvalue weighted by molar-refractivity contribution is 1.05. The molecule has 1 aliphatic heterocycles. The van der Waals surface area contributed by atoms with E-state index in [1.54, 1.807) is 0 Å². The van der Waals surface area contributed by atoms with Crippen LogP contribution in [0.5, 0.6) is 0 Å². The van der Waals surface area contributed by atoms with Gasteiger partial charge in [-0.3, -0.25) is 4.99 Å². The highest BCUT2D eigenvalue weighted by Gasteiger charge is 2.09. The van der Waals surface area contributed by atoms with Gasteiger partial charge in [-0.15, -0.1) is 0 Å². The van der Waals surface area contributed by atoms with Crippen LogP contribution in [0.1, 0.15) is 0 Å². The van der Waals surface area contributed by atoms with E-state index in [0.29, 0.717) is 0 Å². The van der Waals surface area contributed by atoms with Gasteiger partial charge in [-0.05, 0) is 18.2 Å². The summed E-state index contributed by atoms with van der Waals surface area (Å²) in [6.07, 6.45) is 1.93. The lowest BCUT2D eigenvalue weighted by Crippen LogP contribution is -2.21. The number of hydrogen-bond acceptors (Lipinski definition) is 2. The van der Waals surface area contributed by atoms with Gasteiger partial charge in [-0.1, -0.05) is 15.9 Å². The van der Waals surface area contributed by atoms with Gasteiger partial charge in [-0.2, -0.15) is 0 Å². The molecule has 0 radical (unpaired) electrons. The average Bonchev–Trinajstić information content (AvgIpc) is 2.04. The van der Waals surface area contributed by atoms with Crippen LogP contribution in [0.3, 0.4) is 0 Å². The Hall–Kier alpha value is -0.830. The lowest BCUT2D eigenvalue weighted by Gasteiger charge is -2.22. The van der Waals surface area contributed by atoms with Crippen LogP contribution < -0.4 is 4.90 Å². The maximum Gasteiger partial charge on any atom is 0.0871 e. The zero-order chi connectivity index (χ0) is 8.55. The first-order valence-corrected chi connectivity index (χ1v) is 4.60. The number of halogens is 1. The Morgan fingerprint density at radius 1 is 1.50 bits per heavy atom. The Morgan fingerprint density at radius 3 is 3.17 bits per heavy atom. The zero-order valence-electron chi connectivity index (χ0n) is 6.79. The molecular formula is C9H9BrN2. The van der Waals surface area contributed by atoms with Crippen LogP contribution in [0.4, 0.5) is 11.4 Å². The van der Waals surface area contributed by atoms with E-state index in [1.807, 2.05) is 18.3 Å². The van der Waals surface area contributed by atoms with Gasteiger partial charge in [0.2, 0.25) is 0 Å². The van der Waals surface area contributed by atoms with Crippen LogP contribution in [0.15, 0.2) is 27.7 Å². The first-order chi connectivity index (χ1) is 5.77. The third kappa shape index (κ3) is 1.25. The molecule has 2 rings (SSSR count). The first-order valence-electron chi connectivity index (χ1n) is 3.80. The second kappa shape index (κ2) is 2.90. The van der Waals surface area contributed by atoms with E-state index in [0.717, 1.165) is 16.7 Å². The third-order valence-corrected chi connectivity index (χ3v) is 2.43. The van der Waals surface area contributed by atoms with Crippen molar-refractivity contribution in [1.82, 2.24) is 0 Å². The van der Waals surface area contributed by atoms with Crippen molar-refractivity contribution < 1.29 is 0 Å². The Labute approximate surface area is 80.0 Å². The van der Waals surface area contributed by atoms with E-state index < -0.39 is 0 Å². The van der Waals surface area contributed by atoms with Gasteiger partial charge >= 0.3 is 0 Å². The molecule has 0 N–H and O–H groups in total. The highest BCUT2D eigenvalue weighted by molar-refractivity contribution is 9.10. The van der Waals surface area contributed by atoms with E-state index >= 15 is 0 Å². The van der Waals surface area contributed by atoms with Gasteiger partial charge in [0.1, 0.15) is 0 Å². The van der Waals surface area contributed by atoms with Crippen molar-refractivity contribution in [2.24, 2.45) is 4.99 Å². The summed E-state index contributed by atoms with van der Waals surface area (Å²) in [4.78, 5) is 6.48. The van der Waals surface area contributed by atoms with Crippen molar-refractivity contribution in [1.29, 1.82) is 0 Å². The fourth-order valence-corrected chi connectivity index (χ4v) is 1.63. The monoisotopic (exact) mass is 224 g/mol. The molecule has 62 valence electrons. The molecule has 1 aliphatic rings. The van der Waals surface area contributed by atoms with Crippen molar-refractivity contribution >= 4 is 33.5 Å². The van der Waals surface area contributed by atoms with Crippen LogP contribution in [0, 0.1) is 0 Å². The third-order valence-electron chi connectivity index (χ3n) is 1.93. The Kier molecular flexibility index (Phi) is 1.89. The molecule has 0 bridgehead atoms. The summed E-state index contributed by atoms with van der Waals surface area (Å²) in [5.74, 6) is 0. The Morgan fingerprint density at radius 2 is 2.33 bits per heavy atom. The normalized spacial score (nSPS) is 14.7. The van der Waals surface area contributed by atoms with E-state index in [9.17, 15) is 0 Å². The Balaban J connectivity index is 2.55. The summed E-state index contributed by atoms with van der Waals surface area (Å²) in [7, 11) is 2.07. The van der Waals surface area contributed by atoms with Crippen LogP contribution in [-0.2, 0) is 0 Å². The molecule has 1 aromatic rings. The quantitative estimate of drug-likeness (QED) is 0.662. The average molecular weight is 225 g/mol. The molecule has 1 heterocycles. The van der Waals surface area contributed by atoms with Crippen molar-refractivity contribution in [3.63, 3.8) is 0 Å². The van der Waals surface area contributed by atoms with Crippen LogP contribution >= 0.6 is 15.9 Å². The molecule has 0 atom stereocenters. The predicted molar refractivity (Wildman–Crippen MR) is 55.6 cm³/mol. The molecule has 2 nitrogen and oxygen atoms in total. The van der Waals surface area contributed by atoms with Gasteiger partial charge in [0.05, 0.1) is 17.9 Å². The standard InChI is InChI=1S/C9H9BrN2/c1-12-5-4-11-8-6-7(10)2-3-9(8)12/h2-4,6H,5H2,1H3. The van der Waals surface area contributed by atoms with Crippen LogP contribution in [-0.4, -0.2) is 19.8 Å². The second-order valence-corrected chi connectivity index (χ2v) is 3.74. The fourth-order valence-electron chi connectivity index (χ4n) is 1.28. The highest BCUT2D eigenvalue weighted by Crippen LogP contribution is 2.32. The topological polar surface area (TPSA) is 15.6 Å². The summed E-state index contributed by atoms with van der Waals surface area (Å²) < 4.78 is 1.08. The van der Waals surface area contributed by atoms with E-state index in [4.69, 9.17) is 0 Å². The summed E-state index contributed by atoms with van der Waals surface area (Å²) in [5, 5.41) is 0. The predicted octanol–water partition coefficient (Wildman–Crippen LogP) is 2.60. The zero-order valence-corrected chi connectivity index (χ0v) is 8.37.